The first kappa shape index (κ1) is 14.0. The lowest BCUT2D eigenvalue weighted by Gasteiger charge is -2.09. The van der Waals surface area contributed by atoms with Crippen LogP contribution in [0.5, 0.6) is 0 Å². The van der Waals surface area contributed by atoms with Gasteiger partial charge in [0, 0.05) is 0 Å². The summed E-state index contributed by atoms with van der Waals surface area (Å²) in [6, 6.07) is 0. The van der Waals surface area contributed by atoms with E-state index in [1.165, 1.54) is 0 Å². The minimum Gasteiger partial charge on any atom is -0.433 e. The minimum absolute atomic E-state index is 0.157. The van der Waals surface area contributed by atoms with Crippen molar-refractivity contribution in [2.24, 2.45) is 11.8 Å². The summed E-state index contributed by atoms with van der Waals surface area (Å²) in [6.45, 7) is -0.700. The Bertz CT molecular complexity index is 438. The Morgan fingerprint density at radius 3 is 1.60 bits per heavy atom. The number of carbonyl (C=O) groups is 5. The summed E-state index contributed by atoms with van der Waals surface area (Å²) < 4.78 is 17.8. The molecule has 0 N–H and O–H groups in total. The summed E-state index contributed by atoms with van der Waals surface area (Å²) in [5.41, 5.74) is 0. The van der Waals surface area contributed by atoms with Crippen LogP contribution in [0, 0.1) is 11.8 Å². The predicted octanol–water partition coefficient (Wildman–Crippen LogP) is -0.681. The molecule has 0 saturated carbocycles. The standard InChI is InChI=1S/C11H10O9/c12-7-1-5(9(14)19-7)3-17-11(16)18-4-6-2-8(13)20-10(6)15/h5-6H,1-4H2. The molecule has 20 heavy (non-hydrogen) atoms. The van der Waals surface area contributed by atoms with Crippen molar-refractivity contribution < 1.29 is 42.9 Å². The highest BCUT2D eigenvalue weighted by Crippen LogP contribution is 2.18. The van der Waals surface area contributed by atoms with E-state index in [0.717, 1.165) is 0 Å². The first-order chi connectivity index (χ1) is 9.45. The van der Waals surface area contributed by atoms with Crippen LogP contribution in [0.1, 0.15) is 12.8 Å². The summed E-state index contributed by atoms with van der Waals surface area (Å²) in [7, 11) is 0. The maximum atomic E-state index is 11.2. The quantitative estimate of drug-likeness (QED) is 0.375. The third-order valence-electron chi connectivity index (χ3n) is 2.73. The lowest BCUT2D eigenvalue weighted by Crippen LogP contribution is -2.22. The average molecular weight is 286 g/mol. The van der Waals surface area contributed by atoms with Crippen molar-refractivity contribution in [3.63, 3.8) is 0 Å². The first-order valence-corrected chi connectivity index (χ1v) is 5.74. The summed E-state index contributed by atoms with van der Waals surface area (Å²) in [6.07, 6.45) is -1.42. The van der Waals surface area contributed by atoms with Crippen LogP contribution in [0.15, 0.2) is 0 Å². The molecule has 2 heterocycles. The summed E-state index contributed by atoms with van der Waals surface area (Å²) in [5, 5.41) is 0. The van der Waals surface area contributed by atoms with Gasteiger partial charge in [0.25, 0.3) is 0 Å². The highest BCUT2D eigenvalue weighted by Gasteiger charge is 2.36. The third kappa shape index (κ3) is 3.31. The molecule has 108 valence electrons. The average Bonchev–Trinajstić information content (AvgIpc) is 2.86. The van der Waals surface area contributed by atoms with E-state index >= 15 is 0 Å². The van der Waals surface area contributed by atoms with Gasteiger partial charge in [-0.05, 0) is 0 Å². The molecule has 2 aliphatic heterocycles. The van der Waals surface area contributed by atoms with E-state index in [0.29, 0.717) is 0 Å². The molecule has 0 aliphatic carbocycles. The molecule has 0 amide bonds. The van der Waals surface area contributed by atoms with Gasteiger partial charge in [0.15, 0.2) is 0 Å². The van der Waals surface area contributed by atoms with Crippen molar-refractivity contribution in [1.82, 2.24) is 0 Å². The van der Waals surface area contributed by atoms with E-state index in [-0.39, 0.29) is 26.1 Å². The molecule has 0 aromatic rings. The fourth-order valence-corrected chi connectivity index (χ4v) is 1.68. The number of esters is 4. The number of carbonyl (C=O) groups excluding carboxylic acids is 5. The second kappa shape index (κ2) is 5.68. The van der Waals surface area contributed by atoms with Crippen LogP contribution in [0.3, 0.4) is 0 Å². The second-order valence-electron chi connectivity index (χ2n) is 4.26. The van der Waals surface area contributed by atoms with Gasteiger partial charge < -0.3 is 18.9 Å². The number of rotatable bonds is 4. The van der Waals surface area contributed by atoms with E-state index in [4.69, 9.17) is 0 Å². The molecule has 2 fully saturated rings. The molecule has 0 bridgehead atoms. The van der Waals surface area contributed by atoms with Gasteiger partial charge in [-0.25, -0.2) is 4.79 Å². The smallest absolute Gasteiger partial charge is 0.433 e. The second-order valence-corrected chi connectivity index (χ2v) is 4.26. The molecular formula is C11H10O9. The molecule has 0 radical (unpaired) electrons. The highest BCUT2D eigenvalue weighted by molar-refractivity contribution is 5.95. The molecule has 9 heteroatoms. The zero-order chi connectivity index (χ0) is 14.7. The van der Waals surface area contributed by atoms with Crippen LogP contribution >= 0.6 is 0 Å². The Balaban J connectivity index is 1.68. The largest absolute Gasteiger partial charge is 0.508 e. The normalized spacial score (nSPS) is 25.4. The Morgan fingerprint density at radius 1 is 0.900 bits per heavy atom. The highest BCUT2D eigenvalue weighted by atomic mass is 16.7. The van der Waals surface area contributed by atoms with Crippen LogP contribution in [-0.2, 0) is 38.1 Å². The van der Waals surface area contributed by atoms with Crippen molar-refractivity contribution in [1.29, 1.82) is 0 Å². The van der Waals surface area contributed by atoms with Crippen molar-refractivity contribution in [2.45, 2.75) is 12.8 Å². The Labute approximate surface area is 112 Å². The number of cyclic esters (lactones) is 4. The van der Waals surface area contributed by atoms with Crippen LogP contribution < -0.4 is 0 Å². The van der Waals surface area contributed by atoms with Crippen LogP contribution in [0.2, 0.25) is 0 Å². The van der Waals surface area contributed by atoms with Gasteiger partial charge >= 0.3 is 30.0 Å². The van der Waals surface area contributed by atoms with Crippen molar-refractivity contribution in [3.8, 4) is 0 Å². The topological polar surface area (TPSA) is 122 Å². The molecule has 0 aromatic heterocycles. The minimum atomic E-state index is -1.11. The van der Waals surface area contributed by atoms with Gasteiger partial charge in [0.1, 0.15) is 25.0 Å². The lowest BCUT2D eigenvalue weighted by atomic mass is 10.1. The van der Waals surface area contributed by atoms with E-state index in [1.54, 1.807) is 0 Å². The van der Waals surface area contributed by atoms with Crippen LogP contribution in [0.25, 0.3) is 0 Å². The number of ether oxygens (including phenoxy) is 4. The van der Waals surface area contributed by atoms with Gasteiger partial charge in [-0.1, -0.05) is 0 Å². The Kier molecular flexibility index (Phi) is 3.97. The summed E-state index contributed by atoms with van der Waals surface area (Å²) >= 11 is 0. The zero-order valence-corrected chi connectivity index (χ0v) is 10.2. The molecular weight excluding hydrogens is 276 g/mol. The SMILES string of the molecule is O=C1CC(COC(=O)OCC2CC(=O)OC2=O)C(=O)O1. The lowest BCUT2D eigenvalue weighted by molar-refractivity contribution is -0.155. The van der Waals surface area contributed by atoms with Crippen LogP contribution in [-0.4, -0.2) is 43.2 Å². The molecule has 9 nitrogen and oxygen atoms in total. The Hall–Kier alpha value is -2.45. The van der Waals surface area contributed by atoms with Gasteiger partial charge in [-0.15, -0.1) is 0 Å². The van der Waals surface area contributed by atoms with Gasteiger partial charge in [-0.2, -0.15) is 0 Å². The summed E-state index contributed by atoms with van der Waals surface area (Å²) in [5.74, 6) is -4.55. The maximum absolute atomic E-state index is 11.2. The van der Waals surface area contributed by atoms with Crippen LogP contribution in [0.4, 0.5) is 4.79 Å². The third-order valence-corrected chi connectivity index (χ3v) is 2.73. The zero-order valence-electron chi connectivity index (χ0n) is 10.2. The maximum Gasteiger partial charge on any atom is 0.508 e. The fraction of sp³-hybridized carbons (Fsp3) is 0.545. The van der Waals surface area contributed by atoms with Gasteiger partial charge in [-0.3, -0.25) is 19.2 Å². The Morgan fingerprint density at radius 2 is 1.30 bits per heavy atom. The molecule has 2 aliphatic rings. The van der Waals surface area contributed by atoms with E-state index in [9.17, 15) is 24.0 Å². The molecule has 2 rings (SSSR count). The molecule has 2 unspecified atom stereocenters. The fourth-order valence-electron chi connectivity index (χ4n) is 1.68. The van der Waals surface area contributed by atoms with E-state index < -0.39 is 41.9 Å². The van der Waals surface area contributed by atoms with E-state index in [1.807, 2.05) is 0 Å². The molecule has 0 spiro atoms. The predicted molar refractivity (Wildman–Crippen MR) is 55.7 cm³/mol. The molecule has 2 atom stereocenters. The molecule has 2 saturated heterocycles. The van der Waals surface area contributed by atoms with Crippen molar-refractivity contribution >= 4 is 30.0 Å². The monoisotopic (exact) mass is 286 g/mol. The molecule has 0 aromatic carbocycles. The van der Waals surface area contributed by atoms with Gasteiger partial charge in [0.2, 0.25) is 0 Å². The number of hydrogen-bond donors (Lipinski definition) is 0. The van der Waals surface area contributed by atoms with Crippen molar-refractivity contribution in [3.05, 3.63) is 0 Å². The van der Waals surface area contributed by atoms with E-state index in [2.05, 4.69) is 18.9 Å². The summed E-state index contributed by atoms with van der Waals surface area (Å²) in [4.78, 5) is 54.9. The van der Waals surface area contributed by atoms with Crippen molar-refractivity contribution in [2.75, 3.05) is 13.2 Å². The number of hydrogen-bond acceptors (Lipinski definition) is 9. The first-order valence-electron chi connectivity index (χ1n) is 5.74. The van der Waals surface area contributed by atoms with Gasteiger partial charge in [0.05, 0.1) is 12.8 Å².